The molecule has 0 nitrogen and oxygen atoms in total. The van der Waals surface area contributed by atoms with Crippen molar-refractivity contribution in [2.75, 3.05) is 0 Å². The minimum atomic E-state index is 0. The van der Waals surface area contributed by atoms with Crippen molar-refractivity contribution in [3.8, 4) is 0 Å². The minimum Gasteiger partial charge on any atom is -0.0654 e. The molecule has 0 aliphatic carbocycles. The van der Waals surface area contributed by atoms with Gasteiger partial charge in [0.25, 0.3) is 0 Å². The van der Waals surface area contributed by atoms with Gasteiger partial charge in [0.1, 0.15) is 0 Å². The van der Waals surface area contributed by atoms with E-state index in [-0.39, 0.29) is 22.4 Å². The summed E-state index contributed by atoms with van der Waals surface area (Å²) in [5.74, 6) is 0. The topological polar surface area (TPSA) is 0 Å². The van der Waals surface area contributed by atoms with Crippen LogP contribution in [0.15, 0.2) is 0 Å². The molecule has 0 atom stereocenters. The van der Waals surface area contributed by atoms with Crippen LogP contribution in [-0.4, -0.2) is 0 Å². The Kier molecular flexibility index (Phi) is 9.59. The van der Waals surface area contributed by atoms with Gasteiger partial charge in [0, 0.05) is 22.4 Å². The van der Waals surface area contributed by atoms with Gasteiger partial charge in [-0.25, -0.2) is 0 Å². The maximum atomic E-state index is 2.32. The third-order valence-electron chi connectivity index (χ3n) is 1.78. The van der Waals surface area contributed by atoms with E-state index in [1.807, 2.05) is 0 Å². The third-order valence-corrected chi connectivity index (χ3v) is 1.78. The summed E-state index contributed by atoms with van der Waals surface area (Å²) in [5.41, 5.74) is 0.549. The zero-order chi connectivity index (χ0) is 8.04. The van der Waals surface area contributed by atoms with E-state index in [2.05, 4.69) is 27.7 Å². The van der Waals surface area contributed by atoms with Crippen LogP contribution in [-0.2, 0) is 22.4 Å². The van der Waals surface area contributed by atoms with Crippen LogP contribution in [0.3, 0.4) is 0 Å². The summed E-state index contributed by atoms with van der Waals surface area (Å²) in [6.45, 7) is 9.22. The Morgan fingerprint density at radius 1 is 0.909 bits per heavy atom. The van der Waals surface area contributed by atoms with Crippen LogP contribution in [0.2, 0.25) is 0 Å². The molecule has 0 saturated carbocycles. The molecule has 0 heterocycles. The van der Waals surface area contributed by atoms with Gasteiger partial charge in [0.15, 0.2) is 0 Å². The van der Waals surface area contributed by atoms with Crippen LogP contribution in [0.5, 0.6) is 0 Å². The van der Waals surface area contributed by atoms with Gasteiger partial charge in [-0.1, -0.05) is 53.4 Å². The Labute approximate surface area is 87.7 Å². The zero-order valence-corrected chi connectivity index (χ0v) is 9.82. The van der Waals surface area contributed by atoms with Gasteiger partial charge in [0.2, 0.25) is 0 Å². The number of hydrogen-bond donors (Lipinski definition) is 0. The van der Waals surface area contributed by atoms with Crippen LogP contribution < -0.4 is 0 Å². The maximum absolute atomic E-state index is 2.32. The first-order chi connectivity index (χ1) is 4.56. The fraction of sp³-hybridized carbons (Fsp3) is 1.00. The second kappa shape index (κ2) is 7.39. The molecule has 0 aromatic heterocycles. The van der Waals surface area contributed by atoms with Crippen molar-refractivity contribution in [1.29, 1.82) is 0 Å². The van der Waals surface area contributed by atoms with E-state index in [1.165, 1.54) is 32.1 Å². The van der Waals surface area contributed by atoms with Crippen LogP contribution >= 0.6 is 0 Å². The molecule has 0 aromatic rings. The minimum absolute atomic E-state index is 0. The molecule has 1 radical (unpaired) electrons. The summed E-state index contributed by atoms with van der Waals surface area (Å²) in [4.78, 5) is 0. The average molecular weight is 250 g/mol. The smallest absolute Gasteiger partial charge is 0 e. The molecular formula is C10H22Ag. The SMILES string of the molecule is CCCCCCC(C)(C)C.[Ag]. The summed E-state index contributed by atoms with van der Waals surface area (Å²) >= 11 is 0. The Hall–Kier alpha value is 0.740. The fourth-order valence-electron chi connectivity index (χ4n) is 1.08. The summed E-state index contributed by atoms with van der Waals surface area (Å²) < 4.78 is 0. The Morgan fingerprint density at radius 2 is 1.45 bits per heavy atom. The van der Waals surface area contributed by atoms with Crippen molar-refractivity contribution in [2.24, 2.45) is 5.41 Å². The van der Waals surface area contributed by atoms with E-state index >= 15 is 0 Å². The Bertz CT molecular complexity index is 71.4. The molecule has 0 rings (SSSR count). The van der Waals surface area contributed by atoms with Gasteiger partial charge < -0.3 is 0 Å². The largest absolute Gasteiger partial charge is 0.0654 e. The van der Waals surface area contributed by atoms with Gasteiger partial charge in [-0.05, 0) is 11.8 Å². The first-order valence-corrected chi connectivity index (χ1v) is 4.56. The maximum Gasteiger partial charge on any atom is 0 e. The van der Waals surface area contributed by atoms with Crippen molar-refractivity contribution in [3.05, 3.63) is 0 Å². The van der Waals surface area contributed by atoms with Crippen molar-refractivity contribution >= 4 is 0 Å². The third kappa shape index (κ3) is 13.7. The van der Waals surface area contributed by atoms with Crippen LogP contribution in [0, 0.1) is 5.41 Å². The van der Waals surface area contributed by atoms with Crippen LogP contribution in [0.25, 0.3) is 0 Å². The van der Waals surface area contributed by atoms with E-state index in [4.69, 9.17) is 0 Å². The van der Waals surface area contributed by atoms with E-state index in [9.17, 15) is 0 Å². The summed E-state index contributed by atoms with van der Waals surface area (Å²) in [6.07, 6.45) is 6.98. The molecule has 0 N–H and O–H groups in total. The van der Waals surface area contributed by atoms with E-state index in [0.29, 0.717) is 5.41 Å². The summed E-state index contributed by atoms with van der Waals surface area (Å²) in [7, 11) is 0. The average Bonchev–Trinajstić information content (AvgIpc) is 1.78. The second-order valence-corrected chi connectivity index (χ2v) is 4.37. The summed E-state index contributed by atoms with van der Waals surface area (Å²) in [6, 6.07) is 0. The molecule has 0 aliphatic heterocycles. The number of hydrogen-bond acceptors (Lipinski definition) is 0. The zero-order valence-electron chi connectivity index (χ0n) is 8.34. The predicted molar refractivity (Wildman–Crippen MR) is 48.2 cm³/mol. The van der Waals surface area contributed by atoms with Gasteiger partial charge in [-0.3, -0.25) is 0 Å². The van der Waals surface area contributed by atoms with Gasteiger partial charge in [0.05, 0.1) is 0 Å². The Balaban J connectivity index is 0. The molecule has 0 aliphatic rings. The first-order valence-electron chi connectivity index (χ1n) is 4.56. The molecule has 0 aromatic carbocycles. The van der Waals surface area contributed by atoms with Gasteiger partial charge in [-0.2, -0.15) is 0 Å². The van der Waals surface area contributed by atoms with Crippen LogP contribution in [0.4, 0.5) is 0 Å². The molecule has 0 unspecified atom stereocenters. The van der Waals surface area contributed by atoms with Crippen molar-refractivity contribution in [1.82, 2.24) is 0 Å². The molecule has 0 spiro atoms. The van der Waals surface area contributed by atoms with Crippen molar-refractivity contribution in [2.45, 2.75) is 59.8 Å². The molecule has 0 saturated heterocycles. The van der Waals surface area contributed by atoms with Crippen molar-refractivity contribution in [3.63, 3.8) is 0 Å². The van der Waals surface area contributed by atoms with E-state index in [0.717, 1.165) is 0 Å². The quantitative estimate of drug-likeness (QED) is 0.522. The number of rotatable bonds is 4. The van der Waals surface area contributed by atoms with Gasteiger partial charge >= 0.3 is 0 Å². The van der Waals surface area contributed by atoms with Gasteiger partial charge in [-0.15, -0.1) is 0 Å². The van der Waals surface area contributed by atoms with Crippen LogP contribution in [0.1, 0.15) is 59.8 Å². The standard InChI is InChI=1S/C10H22.Ag/c1-5-6-7-8-9-10(2,3)4;/h5-9H2,1-4H3;. The number of unbranched alkanes of at least 4 members (excludes halogenated alkanes) is 3. The van der Waals surface area contributed by atoms with E-state index in [1.54, 1.807) is 0 Å². The monoisotopic (exact) mass is 249 g/mol. The fourth-order valence-corrected chi connectivity index (χ4v) is 1.08. The second-order valence-electron chi connectivity index (χ2n) is 4.37. The molecule has 0 bridgehead atoms. The predicted octanol–water partition coefficient (Wildman–Crippen LogP) is 4.00. The molecule has 1 heteroatoms. The van der Waals surface area contributed by atoms with Crippen molar-refractivity contribution < 1.29 is 22.4 Å². The first kappa shape index (κ1) is 14.3. The normalized spacial score (nSPS) is 10.9. The van der Waals surface area contributed by atoms with E-state index < -0.39 is 0 Å². The molecule has 11 heavy (non-hydrogen) atoms. The molecule has 0 amide bonds. The summed E-state index contributed by atoms with van der Waals surface area (Å²) in [5, 5.41) is 0. The molecular weight excluding hydrogens is 228 g/mol. The molecule has 73 valence electrons. The molecule has 0 fully saturated rings. The Morgan fingerprint density at radius 3 is 1.82 bits per heavy atom.